The Morgan fingerprint density at radius 2 is 1.79 bits per heavy atom. The zero-order valence-electron chi connectivity index (χ0n) is 15.8. The van der Waals surface area contributed by atoms with Crippen molar-refractivity contribution in [2.75, 3.05) is 18.2 Å². The van der Waals surface area contributed by atoms with Crippen molar-refractivity contribution in [3.8, 4) is 5.75 Å². The number of amides is 1. The molecule has 0 aliphatic heterocycles. The van der Waals surface area contributed by atoms with Gasteiger partial charge in [-0.25, -0.2) is 0 Å². The number of anilines is 2. The molecule has 0 bridgehead atoms. The Labute approximate surface area is 172 Å². The molecule has 0 aliphatic rings. The van der Waals surface area contributed by atoms with Crippen molar-refractivity contribution in [2.45, 2.75) is 24.2 Å². The molecule has 0 aliphatic carbocycles. The molecule has 3 rings (SSSR count). The summed E-state index contributed by atoms with van der Waals surface area (Å²) < 4.78 is 5.88. The van der Waals surface area contributed by atoms with Crippen LogP contribution in [0.25, 0.3) is 0 Å². The highest BCUT2D eigenvalue weighted by Crippen LogP contribution is 2.27. The molecule has 8 heteroatoms. The SMILES string of the molecule is CCc1ccc(Nc2nnc(SCC(=O)NCc3ccc(OC)cc3)s2)cc1. The number of ether oxygens (including phenoxy) is 1. The third kappa shape index (κ3) is 5.97. The Morgan fingerprint density at radius 1 is 1.07 bits per heavy atom. The summed E-state index contributed by atoms with van der Waals surface area (Å²) in [6.07, 6.45) is 1.01. The van der Waals surface area contributed by atoms with Gasteiger partial charge in [-0.2, -0.15) is 0 Å². The molecule has 0 atom stereocenters. The average Bonchev–Trinajstić information content (AvgIpc) is 3.19. The largest absolute Gasteiger partial charge is 0.497 e. The Kier molecular flexibility index (Phi) is 7.27. The van der Waals surface area contributed by atoms with Gasteiger partial charge in [0.25, 0.3) is 0 Å². The minimum atomic E-state index is -0.0410. The summed E-state index contributed by atoms with van der Waals surface area (Å²) in [6, 6.07) is 15.9. The molecule has 0 saturated carbocycles. The summed E-state index contributed by atoms with van der Waals surface area (Å²) >= 11 is 2.81. The highest BCUT2D eigenvalue weighted by molar-refractivity contribution is 8.01. The van der Waals surface area contributed by atoms with E-state index in [0.29, 0.717) is 17.4 Å². The number of carbonyl (C=O) groups is 1. The normalized spacial score (nSPS) is 10.5. The third-order valence-electron chi connectivity index (χ3n) is 4.00. The van der Waals surface area contributed by atoms with E-state index < -0.39 is 0 Å². The molecule has 1 aromatic heterocycles. The summed E-state index contributed by atoms with van der Waals surface area (Å²) in [4.78, 5) is 12.1. The van der Waals surface area contributed by atoms with Gasteiger partial charge in [-0.1, -0.05) is 54.3 Å². The second kappa shape index (κ2) is 10.1. The van der Waals surface area contributed by atoms with Crippen LogP contribution in [0.15, 0.2) is 52.9 Å². The van der Waals surface area contributed by atoms with E-state index in [0.717, 1.165) is 27.8 Å². The van der Waals surface area contributed by atoms with E-state index in [4.69, 9.17) is 4.74 Å². The van der Waals surface area contributed by atoms with E-state index in [1.165, 1.54) is 28.7 Å². The number of methoxy groups -OCH3 is 1. The van der Waals surface area contributed by atoms with E-state index in [1.807, 2.05) is 36.4 Å². The maximum atomic E-state index is 12.1. The van der Waals surface area contributed by atoms with Crippen molar-refractivity contribution in [3.63, 3.8) is 0 Å². The molecular weight excluding hydrogens is 392 g/mol. The summed E-state index contributed by atoms with van der Waals surface area (Å²) in [6.45, 7) is 2.61. The minimum absolute atomic E-state index is 0.0410. The molecule has 0 fully saturated rings. The number of rotatable bonds is 9. The Morgan fingerprint density at radius 3 is 2.46 bits per heavy atom. The van der Waals surface area contributed by atoms with Crippen molar-refractivity contribution < 1.29 is 9.53 Å². The number of hydrogen-bond donors (Lipinski definition) is 2. The van der Waals surface area contributed by atoms with Crippen molar-refractivity contribution in [1.29, 1.82) is 0 Å². The maximum Gasteiger partial charge on any atom is 0.230 e. The molecule has 28 heavy (non-hydrogen) atoms. The van der Waals surface area contributed by atoms with Gasteiger partial charge in [0.15, 0.2) is 4.34 Å². The van der Waals surface area contributed by atoms with Gasteiger partial charge in [-0.15, -0.1) is 10.2 Å². The molecule has 3 aromatic rings. The first-order valence-corrected chi connectivity index (χ1v) is 10.7. The topological polar surface area (TPSA) is 76.1 Å². The number of aryl methyl sites for hydroxylation is 1. The molecule has 146 valence electrons. The molecule has 0 unspecified atom stereocenters. The first-order valence-electron chi connectivity index (χ1n) is 8.88. The zero-order chi connectivity index (χ0) is 19.8. The first-order chi connectivity index (χ1) is 13.7. The second-order valence-electron chi connectivity index (χ2n) is 5.96. The fourth-order valence-electron chi connectivity index (χ4n) is 2.39. The second-order valence-corrected chi connectivity index (χ2v) is 8.16. The fraction of sp³-hybridized carbons (Fsp3) is 0.250. The van der Waals surface area contributed by atoms with Gasteiger partial charge in [0.1, 0.15) is 5.75 Å². The average molecular weight is 415 g/mol. The molecule has 1 amide bonds. The zero-order valence-corrected chi connectivity index (χ0v) is 17.4. The van der Waals surface area contributed by atoms with Crippen molar-refractivity contribution >= 4 is 39.8 Å². The summed E-state index contributed by atoms with van der Waals surface area (Å²) in [7, 11) is 1.63. The number of aromatic nitrogens is 2. The Balaban J connectivity index is 1.43. The van der Waals surface area contributed by atoms with Gasteiger partial charge >= 0.3 is 0 Å². The fourth-order valence-corrected chi connectivity index (χ4v) is 3.99. The van der Waals surface area contributed by atoms with Crippen LogP contribution >= 0.6 is 23.1 Å². The van der Waals surface area contributed by atoms with Crippen LogP contribution < -0.4 is 15.4 Å². The lowest BCUT2D eigenvalue weighted by atomic mass is 10.1. The van der Waals surface area contributed by atoms with Gasteiger partial charge in [-0.05, 0) is 41.8 Å². The monoisotopic (exact) mass is 414 g/mol. The van der Waals surface area contributed by atoms with Crippen LogP contribution in [0.3, 0.4) is 0 Å². The number of benzene rings is 2. The smallest absolute Gasteiger partial charge is 0.230 e. The van der Waals surface area contributed by atoms with E-state index in [2.05, 4.69) is 39.9 Å². The van der Waals surface area contributed by atoms with Gasteiger partial charge in [0.2, 0.25) is 11.0 Å². The molecule has 2 N–H and O–H groups in total. The van der Waals surface area contributed by atoms with Crippen molar-refractivity contribution in [1.82, 2.24) is 15.5 Å². The van der Waals surface area contributed by atoms with Crippen LogP contribution in [0.4, 0.5) is 10.8 Å². The van der Waals surface area contributed by atoms with Gasteiger partial charge in [0, 0.05) is 12.2 Å². The molecule has 0 spiro atoms. The van der Waals surface area contributed by atoms with Gasteiger partial charge < -0.3 is 15.4 Å². The van der Waals surface area contributed by atoms with Crippen LogP contribution in [0, 0.1) is 0 Å². The predicted octanol–water partition coefficient (Wildman–Crippen LogP) is 4.26. The molecule has 2 aromatic carbocycles. The molecule has 0 radical (unpaired) electrons. The molecule has 1 heterocycles. The summed E-state index contributed by atoms with van der Waals surface area (Å²) in [5.41, 5.74) is 3.29. The lowest BCUT2D eigenvalue weighted by Gasteiger charge is -2.05. The Bertz CT molecular complexity index is 895. The van der Waals surface area contributed by atoms with Crippen LogP contribution in [-0.2, 0) is 17.8 Å². The predicted molar refractivity (Wildman–Crippen MR) is 115 cm³/mol. The summed E-state index contributed by atoms with van der Waals surface area (Å²) in [5.74, 6) is 1.06. The number of nitrogens with zero attached hydrogens (tertiary/aromatic N) is 2. The van der Waals surface area contributed by atoms with Crippen molar-refractivity contribution in [2.24, 2.45) is 0 Å². The molecule has 6 nitrogen and oxygen atoms in total. The van der Waals surface area contributed by atoms with Gasteiger partial charge in [-0.3, -0.25) is 4.79 Å². The van der Waals surface area contributed by atoms with E-state index in [-0.39, 0.29) is 5.91 Å². The molecule has 0 saturated heterocycles. The van der Waals surface area contributed by atoms with Gasteiger partial charge in [0.05, 0.1) is 12.9 Å². The maximum absolute atomic E-state index is 12.1. The van der Waals surface area contributed by atoms with Crippen molar-refractivity contribution in [3.05, 3.63) is 59.7 Å². The van der Waals surface area contributed by atoms with Crippen LogP contribution in [0.1, 0.15) is 18.1 Å². The number of thioether (sulfide) groups is 1. The quantitative estimate of drug-likeness (QED) is 0.510. The van der Waals surface area contributed by atoms with Crippen LogP contribution in [0.5, 0.6) is 5.75 Å². The van der Waals surface area contributed by atoms with Crippen LogP contribution in [-0.4, -0.2) is 29.0 Å². The van der Waals surface area contributed by atoms with E-state index in [9.17, 15) is 4.79 Å². The summed E-state index contributed by atoms with van der Waals surface area (Å²) in [5, 5.41) is 15.1. The lowest BCUT2D eigenvalue weighted by Crippen LogP contribution is -2.24. The third-order valence-corrected chi connectivity index (χ3v) is 5.97. The highest BCUT2D eigenvalue weighted by Gasteiger charge is 2.08. The lowest BCUT2D eigenvalue weighted by molar-refractivity contribution is -0.118. The highest BCUT2D eigenvalue weighted by atomic mass is 32.2. The number of carbonyl (C=O) groups excluding carboxylic acids is 1. The molecular formula is C20H22N4O2S2. The number of nitrogens with one attached hydrogen (secondary N) is 2. The van der Waals surface area contributed by atoms with E-state index in [1.54, 1.807) is 7.11 Å². The first kappa shape index (κ1) is 20.2. The van der Waals surface area contributed by atoms with E-state index >= 15 is 0 Å². The van der Waals surface area contributed by atoms with Crippen LogP contribution in [0.2, 0.25) is 0 Å². The number of hydrogen-bond acceptors (Lipinski definition) is 7. The standard InChI is InChI=1S/C20H22N4O2S2/c1-3-14-4-8-16(9-5-14)22-19-23-24-20(28-19)27-13-18(25)21-12-15-6-10-17(26-2)11-7-15/h4-11H,3,12-13H2,1-2H3,(H,21,25)(H,22,23). The Hall–Kier alpha value is -2.58. The minimum Gasteiger partial charge on any atom is -0.497 e.